The third kappa shape index (κ3) is 4.53. The van der Waals surface area contributed by atoms with Gasteiger partial charge in [0.05, 0.1) is 5.76 Å². The predicted octanol–water partition coefficient (Wildman–Crippen LogP) is 4.89. The van der Waals surface area contributed by atoms with E-state index in [-0.39, 0.29) is 5.41 Å². The quantitative estimate of drug-likeness (QED) is 0.416. The van der Waals surface area contributed by atoms with Crippen molar-refractivity contribution in [3.8, 4) is 0 Å². The summed E-state index contributed by atoms with van der Waals surface area (Å²) in [5.74, 6) is 0.892. The number of hydrogen-bond acceptors (Lipinski definition) is 1. The van der Waals surface area contributed by atoms with Crippen LogP contribution in [0.15, 0.2) is 54.8 Å². The minimum absolute atomic E-state index is 0.0512. The minimum atomic E-state index is -1.58. The van der Waals surface area contributed by atoms with Gasteiger partial charge in [0.15, 0.2) is 0 Å². The van der Waals surface area contributed by atoms with Crippen LogP contribution in [0.25, 0.3) is 0 Å². The van der Waals surface area contributed by atoms with E-state index < -0.39 is 8.32 Å². The van der Waals surface area contributed by atoms with E-state index in [2.05, 4.69) is 70.4 Å². The second kappa shape index (κ2) is 5.57. The molecule has 0 unspecified atom stereocenters. The minimum Gasteiger partial charge on any atom is -0.545 e. The van der Waals surface area contributed by atoms with E-state index in [0.717, 1.165) is 5.76 Å². The van der Waals surface area contributed by atoms with Gasteiger partial charge in [-0.2, -0.15) is 0 Å². The standard InChI is InChI=1S/C16H24OSi/c1-7-15(17-18(4,5)6)13-16(2,3)14-11-9-8-10-12-14/h7-13H,1H2,2-6H3/b15-13+. The summed E-state index contributed by atoms with van der Waals surface area (Å²) in [6.45, 7) is 14.8. The summed E-state index contributed by atoms with van der Waals surface area (Å²) >= 11 is 0. The Bertz CT molecular complexity index is 424. The SMILES string of the molecule is C=C/C(=C\C(C)(C)c1ccccc1)O[Si](C)(C)C. The van der Waals surface area contributed by atoms with Crippen LogP contribution in [0.3, 0.4) is 0 Å². The van der Waals surface area contributed by atoms with Crippen LogP contribution in [0.5, 0.6) is 0 Å². The zero-order valence-corrected chi connectivity index (χ0v) is 13.2. The van der Waals surface area contributed by atoms with E-state index in [1.807, 2.05) is 12.1 Å². The molecule has 18 heavy (non-hydrogen) atoms. The normalized spacial score (nSPS) is 13.3. The van der Waals surface area contributed by atoms with E-state index >= 15 is 0 Å². The fraction of sp³-hybridized carbons (Fsp3) is 0.375. The molecule has 1 aromatic carbocycles. The molecule has 0 radical (unpaired) electrons. The molecule has 0 aliphatic rings. The topological polar surface area (TPSA) is 9.23 Å². The summed E-state index contributed by atoms with van der Waals surface area (Å²) in [6, 6.07) is 10.5. The Labute approximate surface area is 112 Å². The average molecular weight is 260 g/mol. The molecular weight excluding hydrogens is 236 g/mol. The molecule has 0 spiro atoms. The van der Waals surface area contributed by atoms with E-state index in [9.17, 15) is 0 Å². The van der Waals surface area contributed by atoms with Crippen molar-refractivity contribution < 1.29 is 4.43 Å². The monoisotopic (exact) mass is 260 g/mol. The highest BCUT2D eigenvalue weighted by Gasteiger charge is 2.21. The van der Waals surface area contributed by atoms with Crippen LogP contribution in [0.2, 0.25) is 19.6 Å². The van der Waals surface area contributed by atoms with Gasteiger partial charge in [-0.1, -0.05) is 50.8 Å². The summed E-state index contributed by atoms with van der Waals surface area (Å²) < 4.78 is 6.03. The lowest BCUT2D eigenvalue weighted by atomic mass is 9.84. The molecule has 0 fully saturated rings. The summed E-state index contributed by atoms with van der Waals surface area (Å²) in [4.78, 5) is 0. The molecule has 2 heteroatoms. The second-order valence-electron chi connectivity index (χ2n) is 6.05. The lowest BCUT2D eigenvalue weighted by molar-refractivity contribution is 0.431. The molecule has 0 N–H and O–H groups in total. The molecule has 0 aliphatic heterocycles. The molecule has 0 saturated carbocycles. The van der Waals surface area contributed by atoms with Crippen molar-refractivity contribution in [2.75, 3.05) is 0 Å². The fourth-order valence-electron chi connectivity index (χ4n) is 1.79. The Balaban J connectivity index is 3.01. The summed E-state index contributed by atoms with van der Waals surface area (Å²) in [6.07, 6.45) is 3.97. The van der Waals surface area contributed by atoms with Gasteiger partial charge in [0, 0.05) is 5.41 Å². The molecule has 98 valence electrons. The third-order valence-electron chi connectivity index (χ3n) is 2.65. The van der Waals surface area contributed by atoms with Crippen molar-refractivity contribution in [2.45, 2.75) is 38.9 Å². The van der Waals surface area contributed by atoms with E-state index in [1.54, 1.807) is 0 Å². The molecule has 1 aromatic rings. The zero-order chi connectivity index (χ0) is 13.8. The van der Waals surface area contributed by atoms with Gasteiger partial charge in [-0.3, -0.25) is 0 Å². The lowest BCUT2D eigenvalue weighted by Gasteiger charge is -2.25. The molecule has 0 aromatic heterocycles. The zero-order valence-electron chi connectivity index (χ0n) is 12.2. The Morgan fingerprint density at radius 3 is 2.17 bits per heavy atom. The van der Waals surface area contributed by atoms with Crippen LogP contribution in [0, 0.1) is 0 Å². The molecule has 0 bridgehead atoms. The van der Waals surface area contributed by atoms with E-state index in [0.29, 0.717) is 0 Å². The molecule has 1 nitrogen and oxygen atoms in total. The number of benzene rings is 1. The smallest absolute Gasteiger partial charge is 0.242 e. The van der Waals surface area contributed by atoms with Gasteiger partial charge in [0.1, 0.15) is 0 Å². The maximum absolute atomic E-state index is 6.03. The Hall–Kier alpha value is -1.28. The van der Waals surface area contributed by atoms with Crippen molar-refractivity contribution >= 4 is 8.32 Å². The van der Waals surface area contributed by atoms with Crippen LogP contribution in [-0.2, 0) is 9.84 Å². The molecule has 0 atom stereocenters. The van der Waals surface area contributed by atoms with Crippen molar-refractivity contribution in [3.05, 3.63) is 60.4 Å². The molecule has 0 aliphatic carbocycles. The Kier molecular flexibility index (Phi) is 4.57. The summed E-state index contributed by atoms with van der Waals surface area (Å²) in [5, 5.41) is 0. The first kappa shape index (κ1) is 14.8. The maximum Gasteiger partial charge on any atom is 0.242 e. The number of rotatable bonds is 5. The largest absolute Gasteiger partial charge is 0.545 e. The van der Waals surface area contributed by atoms with Crippen LogP contribution >= 0.6 is 0 Å². The van der Waals surface area contributed by atoms with Crippen LogP contribution in [0.4, 0.5) is 0 Å². The highest BCUT2D eigenvalue weighted by molar-refractivity contribution is 6.70. The second-order valence-corrected chi connectivity index (χ2v) is 10.5. The maximum atomic E-state index is 6.03. The first-order valence-corrected chi connectivity index (χ1v) is 9.75. The van der Waals surface area contributed by atoms with E-state index in [1.165, 1.54) is 5.56 Å². The first-order chi connectivity index (χ1) is 8.24. The molecular formula is C16H24OSi. The van der Waals surface area contributed by atoms with Gasteiger partial charge in [-0.25, -0.2) is 0 Å². The van der Waals surface area contributed by atoms with Crippen molar-refractivity contribution in [2.24, 2.45) is 0 Å². The van der Waals surface area contributed by atoms with Gasteiger partial charge in [-0.15, -0.1) is 0 Å². The van der Waals surface area contributed by atoms with Crippen molar-refractivity contribution in [1.29, 1.82) is 0 Å². The van der Waals surface area contributed by atoms with Crippen molar-refractivity contribution in [3.63, 3.8) is 0 Å². The Morgan fingerprint density at radius 1 is 1.17 bits per heavy atom. The van der Waals surface area contributed by atoms with Gasteiger partial charge < -0.3 is 4.43 Å². The Morgan fingerprint density at radius 2 is 1.72 bits per heavy atom. The molecule has 0 saturated heterocycles. The fourth-order valence-corrected chi connectivity index (χ4v) is 2.64. The van der Waals surface area contributed by atoms with Gasteiger partial charge in [0.25, 0.3) is 0 Å². The number of allylic oxidation sites excluding steroid dienone is 2. The van der Waals surface area contributed by atoms with E-state index in [4.69, 9.17) is 4.43 Å². The molecule has 0 heterocycles. The number of hydrogen-bond donors (Lipinski definition) is 0. The van der Waals surface area contributed by atoms with Crippen molar-refractivity contribution in [1.82, 2.24) is 0 Å². The first-order valence-electron chi connectivity index (χ1n) is 6.34. The van der Waals surface area contributed by atoms with Crippen LogP contribution in [-0.4, -0.2) is 8.32 Å². The molecule has 0 amide bonds. The third-order valence-corrected chi connectivity index (χ3v) is 3.49. The average Bonchev–Trinajstić information content (AvgIpc) is 2.27. The predicted molar refractivity (Wildman–Crippen MR) is 82.2 cm³/mol. The lowest BCUT2D eigenvalue weighted by Crippen LogP contribution is -2.25. The highest BCUT2D eigenvalue weighted by atomic mass is 28.4. The highest BCUT2D eigenvalue weighted by Crippen LogP contribution is 2.27. The van der Waals surface area contributed by atoms with Gasteiger partial charge in [0.2, 0.25) is 8.32 Å². The van der Waals surface area contributed by atoms with Gasteiger partial charge in [-0.05, 0) is 37.4 Å². The summed E-state index contributed by atoms with van der Waals surface area (Å²) in [7, 11) is -1.58. The van der Waals surface area contributed by atoms with Crippen LogP contribution < -0.4 is 0 Å². The summed E-state index contributed by atoms with van der Waals surface area (Å²) in [5.41, 5.74) is 1.23. The van der Waals surface area contributed by atoms with Crippen LogP contribution in [0.1, 0.15) is 19.4 Å². The van der Waals surface area contributed by atoms with Gasteiger partial charge >= 0.3 is 0 Å². The molecule has 1 rings (SSSR count).